The molecular formula is C26H26F3NO4S. The molecule has 0 saturated heterocycles. The predicted molar refractivity (Wildman–Crippen MR) is 129 cm³/mol. The number of ether oxygens (including phenoxy) is 2. The Morgan fingerprint density at radius 3 is 2.60 bits per heavy atom. The van der Waals surface area contributed by atoms with E-state index < -0.39 is 17.7 Å². The molecule has 0 aliphatic rings. The third kappa shape index (κ3) is 5.29. The van der Waals surface area contributed by atoms with Gasteiger partial charge < -0.3 is 14.0 Å². The predicted octanol–water partition coefficient (Wildman–Crippen LogP) is 7.22. The lowest BCUT2D eigenvalue weighted by molar-refractivity contribution is -0.145. The first kappa shape index (κ1) is 25.0. The van der Waals surface area contributed by atoms with Gasteiger partial charge in [-0.1, -0.05) is 25.1 Å². The van der Waals surface area contributed by atoms with Gasteiger partial charge in [-0.3, -0.25) is 0 Å². The Bertz CT molecular complexity index is 1370. The first-order chi connectivity index (χ1) is 16.6. The molecule has 0 radical (unpaired) electrons. The second-order valence-corrected chi connectivity index (χ2v) is 9.78. The Kier molecular flexibility index (Phi) is 7.07. The van der Waals surface area contributed by atoms with Crippen molar-refractivity contribution in [3.05, 3.63) is 57.6 Å². The average molecular weight is 506 g/mol. The molecule has 0 fully saturated rings. The highest BCUT2D eigenvalue weighted by atomic mass is 32.1. The number of fused-ring (bicyclic) bond motifs is 2. The topological polar surface area (TPSA) is 61.6 Å². The summed E-state index contributed by atoms with van der Waals surface area (Å²) in [6, 6.07) is 7.59. The molecular weight excluding hydrogens is 479 g/mol. The molecule has 0 spiro atoms. The van der Waals surface area contributed by atoms with Crippen molar-refractivity contribution in [1.82, 2.24) is 5.16 Å². The van der Waals surface area contributed by atoms with Crippen molar-refractivity contribution in [2.24, 2.45) is 0 Å². The fourth-order valence-electron chi connectivity index (χ4n) is 4.19. The van der Waals surface area contributed by atoms with E-state index in [0.29, 0.717) is 28.9 Å². The Morgan fingerprint density at radius 2 is 1.91 bits per heavy atom. The highest BCUT2D eigenvalue weighted by molar-refractivity contribution is 7.19. The number of carbonyl (C=O) groups is 1. The minimum Gasteiger partial charge on any atom is -0.481 e. The lowest BCUT2D eigenvalue weighted by Gasteiger charge is -2.09. The number of esters is 1. The number of carbonyl (C=O) groups excluding carboxylic acids is 1. The van der Waals surface area contributed by atoms with E-state index in [9.17, 15) is 18.0 Å². The second-order valence-electron chi connectivity index (χ2n) is 8.64. The molecule has 0 aliphatic carbocycles. The van der Waals surface area contributed by atoms with Gasteiger partial charge in [0.25, 0.3) is 0 Å². The minimum absolute atomic E-state index is 0.172. The summed E-state index contributed by atoms with van der Waals surface area (Å²) in [7, 11) is 0. The lowest BCUT2D eigenvalue weighted by atomic mass is 9.96. The maximum absolute atomic E-state index is 13.2. The van der Waals surface area contributed by atoms with Crippen LogP contribution in [0.3, 0.4) is 0 Å². The zero-order valence-corrected chi connectivity index (χ0v) is 20.7. The van der Waals surface area contributed by atoms with Crippen molar-refractivity contribution in [1.29, 1.82) is 0 Å². The monoisotopic (exact) mass is 505 g/mol. The molecule has 2 aromatic carbocycles. The van der Waals surface area contributed by atoms with E-state index in [-0.39, 0.29) is 19.1 Å². The molecule has 186 valence electrons. The number of benzene rings is 2. The number of aryl methyl sites for hydroxylation is 3. The summed E-state index contributed by atoms with van der Waals surface area (Å²) in [5.41, 5.74) is 2.59. The van der Waals surface area contributed by atoms with Crippen molar-refractivity contribution in [2.75, 3.05) is 13.2 Å². The van der Waals surface area contributed by atoms with E-state index in [1.807, 2.05) is 13.0 Å². The van der Waals surface area contributed by atoms with Crippen LogP contribution < -0.4 is 4.74 Å². The molecule has 0 N–H and O–H groups in total. The number of hydrogen-bond donors (Lipinski definition) is 0. The maximum atomic E-state index is 13.2. The third-order valence-electron chi connectivity index (χ3n) is 5.79. The SMILES string of the molecule is CCOC(=O)COc1cc2onc(CCc3sc4cc(C(F)(F)F)ccc4c3C(C)C)c2cc1C. The van der Waals surface area contributed by atoms with Gasteiger partial charge in [0.05, 0.1) is 17.9 Å². The average Bonchev–Trinajstić information content (AvgIpc) is 3.35. The van der Waals surface area contributed by atoms with Gasteiger partial charge in [0.2, 0.25) is 0 Å². The number of thiophene rings is 1. The quantitative estimate of drug-likeness (QED) is 0.237. The first-order valence-electron chi connectivity index (χ1n) is 11.4. The van der Waals surface area contributed by atoms with E-state index in [0.717, 1.165) is 38.5 Å². The van der Waals surface area contributed by atoms with Crippen LogP contribution in [0, 0.1) is 6.92 Å². The fraction of sp³-hybridized carbons (Fsp3) is 0.385. The number of aromatic nitrogens is 1. The molecule has 4 aromatic rings. The molecule has 9 heteroatoms. The van der Waals surface area contributed by atoms with E-state index in [2.05, 4.69) is 19.0 Å². The number of hydrogen-bond acceptors (Lipinski definition) is 6. The van der Waals surface area contributed by atoms with Crippen molar-refractivity contribution >= 4 is 38.4 Å². The van der Waals surface area contributed by atoms with Crippen LogP contribution in [0.25, 0.3) is 21.1 Å². The van der Waals surface area contributed by atoms with E-state index >= 15 is 0 Å². The Labute approximate surface area is 204 Å². The summed E-state index contributed by atoms with van der Waals surface area (Å²) in [4.78, 5) is 12.6. The van der Waals surface area contributed by atoms with Crippen LogP contribution in [0.5, 0.6) is 5.75 Å². The third-order valence-corrected chi connectivity index (χ3v) is 7.02. The molecule has 2 aromatic heterocycles. The lowest BCUT2D eigenvalue weighted by Crippen LogP contribution is -2.14. The van der Waals surface area contributed by atoms with Crippen molar-refractivity contribution in [2.45, 2.75) is 52.6 Å². The molecule has 0 amide bonds. The van der Waals surface area contributed by atoms with Gasteiger partial charge in [0, 0.05) is 21.0 Å². The van der Waals surface area contributed by atoms with E-state index in [4.69, 9.17) is 14.0 Å². The highest BCUT2D eigenvalue weighted by Crippen LogP contribution is 2.40. The van der Waals surface area contributed by atoms with Crippen molar-refractivity contribution in [3.8, 4) is 5.75 Å². The highest BCUT2D eigenvalue weighted by Gasteiger charge is 2.31. The van der Waals surface area contributed by atoms with Gasteiger partial charge in [-0.2, -0.15) is 13.2 Å². The molecule has 0 atom stereocenters. The Morgan fingerprint density at radius 1 is 1.14 bits per heavy atom. The summed E-state index contributed by atoms with van der Waals surface area (Å²) < 4.78 is 56.2. The smallest absolute Gasteiger partial charge is 0.416 e. The van der Waals surface area contributed by atoms with Crippen LogP contribution in [-0.2, 0) is 28.5 Å². The summed E-state index contributed by atoms with van der Waals surface area (Å²) in [5, 5.41) is 5.94. The van der Waals surface area contributed by atoms with Crippen molar-refractivity contribution in [3.63, 3.8) is 0 Å². The standard InChI is InChI=1S/C26H26F3NO4S/c1-5-32-24(31)13-33-20-12-21-18(10-15(20)4)19(30-34-21)8-9-22-25(14(2)3)17-7-6-16(26(27,28)29)11-23(17)35-22/h6-7,10-12,14H,5,8-9,13H2,1-4H3. The summed E-state index contributed by atoms with van der Waals surface area (Å²) in [6.45, 7) is 7.80. The van der Waals surface area contributed by atoms with Gasteiger partial charge >= 0.3 is 12.1 Å². The minimum atomic E-state index is -4.37. The van der Waals surface area contributed by atoms with Gasteiger partial charge in [-0.25, -0.2) is 4.79 Å². The van der Waals surface area contributed by atoms with Crippen LogP contribution in [0.15, 0.2) is 34.9 Å². The van der Waals surface area contributed by atoms with E-state index in [1.54, 1.807) is 19.1 Å². The molecule has 35 heavy (non-hydrogen) atoms. The molecule has 0 bridgehead atoms. The number of nitrogens with zero attached hydrogens (tertiary/aromatic N) is 1. The van der Waals surface area contributed by atoms with E-state index in [1.165, 1.54) is 17.4 Å². The van der Waals surface area contributed by atoms with Crippen LogP contribution in [0.2, 0.25) is 0 Å². The molecule has 0 unspecified atom stereocenters. The largest absolute Gasteiger partial charge is 0.481 e. The Hall–Kier alpha value is -3.07. The second kappa shape index (κ2) is 9.89. The molecule has 0 aliphatic heterocycles. The summed E-state index contributed by atoms with van der Waals surface area (Å²) in [5.74, 6) is 0.239. The molecule has 2 heterocycles. The number of rotatable bonds is 8. The van der Waals surface area contributed by atoms with Gasteiger partial charge in [0.15, 0.2) is 12.2 Å². The van der Waals surface area contributed by atoms with Crippen LogP contribution in [-0.4, -0.2) is 24.3 Å². The number of alkyl halides is 3. The van der Waals surface area contributed by atoms with Crippen LogP contribution >= 0.6 is 11.3 Å². The maximum Gasteiger partial charge on any atom is 0.416 e. The molecule has 4 rings (SSSR count). The van der Waals surface area contributed by atoms with Gasteiger partial charge in [-0.15, -0.1) is 11.3 Å². The molecule has 5 nitrogen and oxygen atoms in total. The van der Waals surface area contributed by atoms with Crippen LogP contribution in [0.1, 0.15) is 54.0 Å². The molecule has 0 saturated carbocycles. The zero-order chi connectivity index (χ0) is 25.3. The van der Waals surface area contributed by atoms with Crippen molar-refractivity contribution < 1.29 is 32.0 Å². The van der Waals surface area contributed by atoms with Crippen LogP contribution in [0.4, 0.5) is 13.2 Å². The van der Waals surface area contributed by atoms with Gasteiger partial charge in [0.1, 0.15) is 5.75 Å². The normalized spacial score (nSPS) is 12.1. The first-order valence-corrected chi connectivity index (χ1v) is 12.2. The number of halogens is 3. The zero-order valence-electron chi connectivity index (χ0n) is 19.9. The fourth-order valence-corrected chi connectivity index (χ4v) is 5.59. The summed E-state index contributed by atoms with van der Waals surface area (Å²) in [6.07, 6.45) is -3.16. The Balaban J connectivity index is 1.58. The van der Waals surface area contributed by atoms with Gasteiger partial charge in [-0.05, 0) is 67.3 Å². The summed E-state index contributed by atoms with van der Waals surface area (Å²) >= 11 is 1.41.